The minimum Gasteiger partial charge on any atom is -0.343 e. The minimum absolute atomic E-state index is 0. The number of amides is 3. The molecule has 8 heteroatoms. The van der Waals surface area contributed by atoms with E-state index in [-0.39, 0.29) is 32.2 Å². The molecular weight excluding hydrogens is 366 g/mol. The Morgan fingerprint density at radius 3 is 2.59 bits per heavy atom. The fourth-order valence-corrected chi connectivity index (χ4v) is 3.31. The summed E-state index contributed by atoms with van der Waals surface area (Å²) in [6, 6.07) is 7.21. The highest BCUT2D eigenvalue weighted by molar-refractivity contribution is 6.30. The standard InChI is InChI=1S/C19H22ClN5O2.10H2/c1-13(26)25-8-6-16(7-9-25)24(2)19(27)23-18-12-21-17(11-22-18)14-4-3-5-15(20)10-14;;;;;;;;;;/h3-5,10-12,16H,6-9H2,1-2H3,(H,22,23,27);10*1H. The summed E-state index contributed by atoms with van der Waals surface area (Å²) < 4.78 is 0. The number of nitrogens with zero attached hydrogens (tertiary/aromatic N) is 4. The Morgan fingerprint density at radius 2 is 2.00 bits per heavy atom. The Hall–Kier alpha value is -2.67. The van der Waals surface area contributed by atoms with Crippen molar-refractivity contribution in [1.29, 1.82) is 0 Å². The number of carbonyl (C=O) groups excluding carboxylic acids is 2. The molecule has 1 aromatic carbocycles. The van der Waals surface area contributed by atoms with Gasteiger partial charge < -0.3 is 9.80 Å². The SMILES string of the molecule is CC(=O)N1CCC(N(C)C(=O)Nc2cnc(-c3cccc(Cl)c3)cn2)CC1.[HH].[HH].[HH].[HH].[HH].[HH].[HH].[HH].[HH].[HH]. The van der Waals surface area contributed by atoms with E-state index in [0.29, 0.717) is 29.6 Å². The smallest absolute Gasteiger partial charge is 0.323 e. The summed E-state index contributed by atoms with van der Waals surface area (Å²) in [5, 5.41) is 3.40. The quantitative estimate of drug-likeness (QED) is 0.704. The summed E-state index contributed by atoms with van der Waals surface area (Å²) in [4.78, 5) is 36.0. The maximum absolute atomic E-state index is 12.5. The van der Waals surface area contributed by atoms with Gasteiger partial charge in [0.15, 0.2) is 5.82 Å². The van der Waals surface area contributed by atoms with Gasteiger partial charge in [0.2, 0.25) is 5.91 Å². The number of carbonyl (C=O) groups is 2. The molecule has 1 aromatic heterocycles. The second-order valence-corrected chi connectivity index (χ2v) is 7.01. The number of hydrogen-bond donors (Lipinski definition) is 1. The summed E-state index contributed by atoms with van der Waals surface area (Å²) in [5.41, 5.74) is 1.54. The average molecular weight is 408 g/mol. The molecule has 0 radical (unpaired) electrons. The summed E-state index contributed by atoms with van der Waals surface area (Å²) in [5.74, 6) is 0.467. The molecule has 0 unspecified atom stereocenters. The van der Waals surface area contributed by atoms with Crippen LogP contribution in [-0.2, 0) is 4.79 Å². The van der Waals surface area contributed by atoms with Gasteiger partial charge in [-0.2, -0.15) is 0 Å². The van der Waals surface area contributed by atoms with Gasteiger partial charge >= 0.3 is 6.03 Å². The molecule has 162 valence electrons. The molecule has 3 amide bonds. The van der Waals surface area contributed by atoms with Crippen LogP contribution in [-0.4, -0.2) is 57.9 Å². The normalized spacial score (nSPS) is 14.7. The first kappa shape index (κ1) is 19.1. The van der Waals surface area contributed by atoms with Crippen LogP contribution in [0.2, 0.25) is 5.02 Å². The van der Waals surface area contributed by atoms with Crippen LogP contribution in [0.4, 0.5) is 10.6 Å². The van der Waals surface area contributed by atoms with Crippen molar-refractivity contribution in [2.45, 2.75) is 25.8 Å². The molecule has 1 aliphatic heterocycles. The molecule has 0 aliphatic carbocycles. The highest BCUT2D eigenvalue weighted by Gasteiger charge is 2.26. The first-order valence-electron chi connectivity index (χ1n) is 8.81. The number of benzene rings is 1. The zero-order valence-electron chi connectivity index (χ0n) is 15.4. The number of anilines is 1. The summed E-state index contributed by atoms with van der Waals surface area (Å²) in [6.45, 7) is 2.92. The molecule has 7 nitrogen and oxygen atoms in total. The van der Waals surface area contributed by atoms with Gasteiger partial charge in [-0.1, -0.05) is 23.7 Å². The van der Waals surface area contributed by atoms with E-state index in [0.717, 1.165) is 18.4 Å². The molecule has 2 heterocycles. The van der Waals surface area contributed by atoms with E-state index < -0.39 is 0 Å². The largest absolute Gasteiger partial charge is 0.343 e. The van der Waals surface area contributed by atoms with E-state index in [9.17, 15) is 9.59 Å². The van der Waals surface area contributed by atoms with Crippen molar-refractivity contribution in [1.82, 2.24) is 19.8 Å². The molecule has 0 saturated carbocycles. The van der Waals surface area contributed by atoms with E-state index in [1.807, 2.05) is 23.1 Å². The Labute approximate surface area is 178 Å². The van der Waals surface area contributed by atoms with Crippen molar-refractivity contribution < 1.29 is 23.9 Å². The third-order valence-electron chi connectivity index (χ3n) is 4.79. The highest BCUT2D eigenvalue weighted by Crippen LogP contribution is 2.21. The number of rotatable bonds is 3. The Bertz CT molecular complexity index is 850. The van der Waals surface area contributed by atoms with Crippen LogP contribution >= 0.6 is 11.6 Å². The van der Waals surface area contributed by atoms with Gasteiger partial charge in [0.1, 0.15) is 0 Å². The second kappa shape index (κ2) is 8.35. The topological polar surface area (TPSA) is 78.4 Å². The van der Waals surface area contributed by atoms with Crippen LogP contribution in [0, 0.1) is 0 Å². The molecule has 27 heavy (non-hydrogen) atoms. The van der Waals surface area contributed by atoms with Crippen LogP contribution in [0.3, 0.4) is 0 Å². The number of nitrogens with one attached hydrogen (secondary N) is 1. The maximum atomic E-state index is 12.5. The summed E-state index contributed by atoms with van der Waals surface area (Å²) >= 11 is 6.00. The van der Waals surface area contributed by atoms with E-state index in [1.165, 1.54) is 6.20 Å². The molecule has 1 fully saturated rings. The number of aromatic nitrogens is 2. The fraction of sp³-hybridized carbons (Fsp3) is 0.368. The van der Waals surface area contributed by atoms with Crippen LogP contribution < -0.4 is 5.32 Å². The number of hydrogen-bond acceptors (Lipinski definition) is 4. The Kier molecular flexibility index (Phi) is 5.91. The number of halogens is 1. The number of likely N-dealkylation sites (tertiary alicyclic amines) is 1. The molecule has 0 spiro atoms. The molecule has 1 aliphatic rings. The monoisotopic (exact) mass is 407 g/mol. The van der Waals surface area contributed by atoms with E-state index in [4.69, 9.17) is 11.6 Å². The van der Waals surface area contributed by atoms with Crippen LogP contribution in [0.1, 0.15) is 34.0 Å². The summed E-state index contributed by atoms with van der Waals surface area (Å²) in [7, 11) is 1.76. The highest BCUT2D eigenvalue weighted by atomic mass is 35.5. The predicted octanol–water partition coefficient (Wildman–Crippen LogP) is 5.73. The molecule has 0 bridgehead atoms. The average Bonchev–Trinajstić information content (AvgIpc) is 2.68. The first-order chi connectivity index (χ1) is 12.9. The second-order valence-electron chi connectivity index (χ2n) is 6.58. The van der Waals surface area contributed by atoms with Gasteiger partial charge in [-0.15, -0.1) is 0 Å². The Morgan fingerprint density at radius 1 is 1.26 bits per heavy atom. The summed E-state index contributed by atoms with van der Waals surface area (Å²) in [6.07, 6.45) is 4.67. The van der Waals surface area contributed by atoms with E-state index >= 15 is 0 Å². The predicted molar refractivity (Wildman–Crippen MR) is 126 cm³/mol. The fourth-order valence-electron chi connectivity index (χ4n) is 3.12. The Balaban J connectivity index is -0.000000140. The first-order valence-corrected chi connectivity index (χ1v) is 9.19. The van der Waals surface area contributed by atoms with Gasteiger partial charge in [0, 0.05) is 58.0 Å². The lowest BCUT2D eigenvalue weighted by molar-refractivity contribution is -0.130. The lowest BCUT2D eigenvalue weighted by atomic mass is 10.0. The van der Waals surface area contributed by atoms with Crippen molar-refractivity contribution in [3.05, 3.63) is 41.7 Å². The van der Waals surface area contributed by atoms with Crippen LogP contribution in [0.25, 0.3) is 11.3 Å². The maximum Gasteiger partial charge on any atom is 0.323 e. The third-order valence-corrected chi connectivity index (χ3v) is 5.02. The van der Waals surface area contributed by atoms with E-state index in [2.05, 4.69) is 15.3 Å². The van der Waals surface area contributed by atoms with Crippen molar-refractivity contribution in [3.63, 3.8) is 0 Å². The zero-order chi connectivity index (χ0) is 19.4. The van der Waals surface area contributed by atoms with Crippen molar-refractivity contribution in [2.24, 2.45) is 0 Å². The zero-order valence-corrected chi connectivity index (χ0v) is 16.1. The number of piperidine rings is 1. The molecule has 3 rings (SSSR count). The lowest BCUT2D eigenvalue weighted by Gasteiger charge is -2.36. The van der Waals surface area contributed by atoms with Gasteiger partial charge in [0.05, 0.1) is 18.1 Å². The van der Waals surface area contributed by atoms with Gasteiger partial charge in [-0.3, -0.25) is 15.1 Å². The van der Waals surface area contributed by atoms with E-state index in [1.54, 1.807) is 31.1 Å². The van der Waals surface area contributed by atoms with Gasteiger partial charge in [-0.05, 0) is 25.0 Å². The molecule has 1 N–H and O–H groups in total. The van der Waals surface area contributed by atoms with Crippen molar-refractivity contribution >= 4 is 29.4 Å². The third kappa shape index (κ3) is 4.74. The van der Waals surface area contributed by atoms with Crippen LogP contribution in [0.15, 0.2) is 36.7 Å². The lowest BCUT2D eigenvalue weighted by Crippen LogP contribution is -2.48. The van der Waals surface area contributed by atoms with Crippen molar-refractivity contribution in [2.75, 3.05) is 25.5 Å². The molecule has 2 aromatic rings. The van der Waals surface area contributed by atoms with Crippen molar-refractivity contribution in [3.8, 4) is 11.3 Å². The molecular formula is C19H42ClN5O2. The molecule has 1 saturated heterocycles. The molecule has 0 atom stereocenters. The number of urea groups is 1. The van der Waals surface area contributed by atoms with Gasteiger partial charge in [-0.25, -0.2) is 9.78 Å². The van der Waals surface area contributed by atoms with Crippen LogP contribution in [0.5, 0.6) is 0 Å². The van der Waals surface area contributed by atoms with Gasteiger partial charge in [0.25, 0.3) is 0 Å². The minimum atomic E-state index is -0.235.